The molecule has 0 spiro atoms. The molecule has 110 valence electrons. The van der Waals surface area contributed by atoms with Gasteiger partial charge in [-0.15, -0.1) is 0 Å². The van der Waals surface area contributed by atoms with E-state index in [4.69, 9.17) is 5.73 Å². The molecule has 1 aliphatic carbocycles. The number of hydrogen-bond acceptors (Lipinski definition) is 2. The zero-order valence-corrected chi connectivity index (χ0v) is 12.4. The molecule has 0 saturated heterocycles. The first-order chi connectivity index (χ1) is 9.66. The van der Waals surface area contributed by atoms with Crippen molar-refractivity contribution >= 4 is 5.91 Å². The third-order valence-electron chi connectivity index (χ3n) is 4.30. The number of benzene rings is 1. The van der Waals surface area contributed by atoms with Gasteiger partial charge < -0.3 is 11.1 Å². The van der Waals surface area contributed by atoms with Gasteiger partial charge in [-0.1, -0.05) is 43.5 Å². The number of hydrogen-bond donors (Lipinski definition) is 2. The van der Waals surface area contributed by atoms with Crippen LogP contribution in [0.15, 0.2) is 24.3 Å². The second-order valence-corrected chi connectivity index (χ2v) is 5.90. The molecule has 1 aromatic rings. The highest BCUT2D eigenvalue weighted by atomic mass is 16.1. The van der Waals surface area contributed by atoms with Crippen LogP contribution in [0, 0.1) is 6.92 Å². The molecule has 3 N–H and O–H groups in total. The molecule has 2 rings (SSSR count). The molecule has 0 radical (unpaired) electrons. The number of nitrogens with two attached hydrogens (primary N) is 1. The van der Waals surface area contributed by atoms with Gasteiger partial charge >= 0.3 is 0 Å². The average Bonchev–Trinajstić information content (AvgIpc) is 2.63. The zero-order chi connectivity index (χ0) is 14.4. The summed E-state index contributed by atoms with van der Waals surface area (Å²) in [5.74, 6) is 0.135. The lowest BCUT2D eigenvalue weighted by atomic mass is 10.0. The Morgan fingerprint density at radius 1 is 1.25 bits per heavy atom. The molecule has 0 aromatic heterocycles. The first kappa shape index (κ1) is 15.0. The summed E-state index contributed by atoms with van der Waals surface area (Å²) >= 11 is 0. The Balaban J connectivity index is 1.81. The number of carbonyl (C=O) groups is 1. The third kappa shape index (κ3) is 4.34. The number of nitrogens with one attached hydrogen (secondary N) is 1. The Morgan fingerprint density at radius 2 is 2.00 bits per heavy atom. The van der Waals surface area contributed by atoms with Crippen molar-refractivity contribution < 1.29 is 4.79 Å². The van der Waals surface area contributed by atoms with E-state index in [1.165, 1.54) is 30.4 Å². The van der Waals surface area contributed by atoms with Gasteiger partial charge in [0.05, 0.1) is 0 Å². The molecule has 1 fully saturated rings. The lowest BCUT2D eigenvalue weighted by molar-refractivity contribution is -0.121. The molecule has 3 nitrogen and oxygen atoms in total. The van der Waals surface area contributed by atoms with Crippen molar-refractivity contribution in [1.29, 1.82) is 0 Å². The van der Waals surface area contributed by atoms with Gasteiger partial charge in [-0.25, -0.2) is 0 Å². The van der Waals surface area contributed by atoms with E-state index in [0.717, 1.165) is 19.3 Å². The molecule has 0 heterocycles. The third-order valence-corrected chi connectivity index (χ3v) is 4.30. The normalized spacial score (nSPS) is 23.1. The first-order valence-corrected chi connectivity index (χ1v) is 7.76. The molecule has 1 aromatic carbocycles. The van der Waals surface area contributed by atoms with Gasteiger partial charge in [0.1, 0.15) is 0 Å². The van der Waals surface area contributed by atoms with Crippen LogP contribution >= 0.6 is 0 Å². The molecule has 1 amide bonds. The largest absolute Gasteiger partial charge is 0.352 e. The van der Waals surface area contributed by atoms with Crippen LogP contribution in [0.5, 0.6) is 0 Å². The van der Waals surface area contributed by atoms with Crippen molar-refractivity contribution in [3.05, 3.63) is 35.4 Å². The van der Waals surface area contributed by atoms with Crippen LogP contribution < -0.4 is 11.1 Å². The molecule has 1 saturated carbocycles. The van der Waals surface area contributed by atoms with E-state index in [1.54, 1.807) is 0 Å². The van der Waals surface area contributed by atoms with Gasteiger partial charge in [-0.3, -0.25) is 4.79 Å². The van der Waals surface area contributed by atoms with Crippen molar-refractivity contribution in [2.45, 2.75) is 64.0 Å². The Morgan fingerprint density at radius 3 is 2.80 bits per heavy atom. The van der Waals surface area contributed by atoms with Gasteiger partial charge in [-0.2, -0.15) is 0 Å². The van der Waals surface area contributed by atoms with Gasteiger partial charge in [0, 0.05) is 18.5 Å². The summed E-state index contributed by atoms with van der Waals surface area (Å²) in [6.45, 7) is 2.09. The van der Waals surface area contributed by atoms with E-state index in [-0.39, 0.29) is 18.0 Å². The number of amides is 1. The topological polar surface area (TPSA) is 55.1 Å². The van der Waals surface area contributed by atoms with E-state index in [0.29, 0.717) is 6.42 Å². The van der Waals surface area contributed by atoms with E-state index in [1.807, 2.05) is 12.1 Å². The van der Waals surface area contributed by atoms with E-state index < -0.39 is 0 Å². The van der Waals surface area contributed by atoms with Crippen LogP contribution in [-0.2, 0) is 11.2 Å². The van der Waals surface area contributed by atoms with Gasteiger partial charge in [0.15, 0.2) is 0 Å². The van der Waals surface area contributed by atoms with Crippen LogP contribution in [-0.4, -0.2) is 18.0 Å². The maximum Gasteiger partial charge on any atom is 0.220 e. The predicted molar refractivity (Wildman–Crippen MR) is 82.5 cm³/mol. The summed E-state index contributed by atoms with van der Waals surface area (Å²) in [5.41, 5.74) is 8.66. The minimum Gasteiger partial charge on any atom is -0.352 e. The molecular weight excluding hydrogens is 248 g/mol. The molecule has 3 heteroatoms. The standard InChI is InChI=1S/C17H26N2O/c1-13-7-5-6-8-14(13)11-12-17(20)19-16-10-4-2-3-9-15(16)18/h5-8,15-16H,2-4,9-12,18H2,1H3,(H,19,20). The molecular formula is C17H26N2O. The lowest BCUT2D eigenvalue weighted by Crippen LogP contribution is -2.47. The highest BCUT2D eigenvalue weighted by molar-refractivity contribution is 5.76. The predicted octanol–water partition coefficient (Wildman–Crippen LogP) is 2.70. The van der Waals surface area contributed by atoms with Crippen LogP contribution in [0.3, 0.4) is 0 Å². The smallest absolute Gasteiger partial charge is 0.220 e. The van der Waals surface area contributed by atoms with E-state index in [2.05, 4.69) is 24.4 Å². The van der Waals surface area contributed by atoms with Crippen LogP contribution in [0.4, 0.5) is 0 Å². The minimum atomic E-state index is 0.125. The Labute approximate surface area is 121 Å². The summed E-state index contributed by atoms with van der Waals surface area (Å²) in [5, 5.41) is 3.13. The number of aryl methyl sites for hydroxylation is 2. The quantitative estimate of drug-likeness (QED) is 0.829. The Kier molecular flexibility index (Phi) is 5.60. The van der Waals surface area contributed by atoms with Crippen LogP contribution in [0.2, 0.25) is 0 Å². The monoisotopic (exact) mass is 274 g/mol. The molecule has 20 heavy (non-hydrogen) atoms. The van der Waals surface area contributed by atoms with Crippen molar-refractivity contribution in [3.63, 3.8) is 0 Å². The maximum atomic E-state index is 12.1. The molecule has 1 aliphatic rings. The molecule has 0 aliphatic heterocycles. The summed E-state index contributed by atoms with van der Waals surface area (Å²) in [6, 6.07) is 8.54. The summed E-state index contributed by atoms with van der Waals surface area (Å²) in [4.78, 5) is 12.1. The molecule has 2 atom stereocenters. The fourth-order valence-electron chi connectivity index (χ4n) is 2.93. The SMILES string of the molecule is Cc1ccccc1CCC(=O)NC1CCCCCC1N. The summed E-state index contributed by atoms with van der Waals surface area (Å²) in [7, 11) is 0. The summed E-state index contributed by atoms with van der Waals surface area (Å²) in [6.07, 6.45) is 7.02. The molecule has 2 unspecified atom stereocenters. The van der Waals surface area contributed by atoms with Crippen molar-refractivity contribution in [1.82, 2.24) is 5.32 Å². The highest BCUT2D eigenvalue weighted by Gasteiger charge is 2.21. The fraction of sp³-hybridized carbons (Fsp3) is 0.588. The average molecular weight is 274 g/mol. The number of carbonyl (C=O) groups excluding carboxylic acids is 1. The van der Waals surface area contributed by atoms with Crippen molar-refractivity contribution in [2.24, 2.45) is 5.73 Å². The maximum absolute atomic E-state index is 12.1. The first-order valence-electron chi connectivity index (χ1n) is 7.76. The second kappa shape index (κ2) is 7.44. The number of rotatable bonds is 4. The van der Waals surface area contributed by atoms with Crippen LogP contribution in [0.25, 0.3) is 0 Å². The zero-order valence-electron chi connectivity index (χ0n) is 12.4. The Hall–Kier alpha value is -1.35. The van der Waals surface area contributed by atoms with E-state index >= 15 is 0 Å². The lowest BCUT2D eigenvalue weighted by Gasteiger charge is -2.22. The van der Waals surface area contributed by atoms with Gasteiger partial charge in [0.2, 0.25) is 5.91 Å². The van der Waals surface area contributed by atoms with Crippen molar-refractivity contribution in [2.75, 3.05) is 0 Å². The molecule has 0 bridgehead atoms. The minimum absolute atomic E-state index is 0.125. The van der Waals surface area contributed by atoms with Gasteiger partial charge in [0.25, 0.3) is 0 Å². The van der Waals surface area contributed by atoms with Crippen LogP contribution in [0.1, 0.15) is 49.7 Å². The second-order valence-electron chi connectivity index (χ2n) is 5.90. The Bertz CT molecular complexity index is 444. The fourth-order valence-corrected chi connectivity index (χ4v) is 2.93. The van der Waals surface area contributed by atoms with E-state index in [9.17, 15) is 4.79 Å². The van der Waals surface area contributed by atoms with Gasteiger partial charge in [-0.05, 0) is 37.3 Å². The summed E-state index contributed by atoms with van der Waals surface area (Å²) < 4.78 is 0. The highest BCUT2D eigenvalue weighted by Crippen LogP contribution is 2.17. The van der Waals surface area contributed by atoms with Crippen molar-refractivity contribution in [3.8, 4) is 0 Å².